The van der Waals surface area contributed by atoms with E-state index < -0.39 is 11.2 Å². The molecule has 7 nitrogen and oxygen atoms in total. The van der Waals surface area contributed by atoms with Gasteiger partial charge in [-0.05, 0) is 29.3 Å². The minimum absolute atomic E-state index is 0.0291. The Balaban J connectivity index is 1.69. The molecule has 0 atom stereocenters. The van der Waals surface area contributed by atoms with Crippen LogP contribution >= 0.6 is 0 Å². The molecule has 0 radical (unpaired) electrons. The molecular weight excluding hydrogens is 346 g/mol. The highest BCUT2D eigenvalue weighted by molar-refractivity contribution is 5.83. The van der Waals surface area contributed by atoms with Crippen LogP contribution in [0.5, 0.6) is 5.75 Å². The van der Waals surface area contributed by atoms with E-state index in [9.17, 15) is 9.59 Å². The lowest BCUT2D eigenvalue weighted by Crippen LogP contribution is -2.41. The van der Waals surface area contributed by atoms with Gasteiger partial charge in [-0.15, -0.1) is 0 Å². The van der Waals surface area contributed by atoms with Crippen LogP contribution in [0.2, 0.25) is 0 Å². The van der Waals surface area contributed by atoms with E-state index in [0.29, 0.717) is 18.8 Å². The summed E-state index contributed by atoms with van der Waals surface area (Å²) in [5.74, 6) is 0.713. The van der Waals surface area contributed by atoms with E-state index >= 15 is 0 Å². The van der Waals surface area contributed by atoms with Crippen LogP contribution in [0, 0.1) is 11.3 Å². The van der Waals surface area contributed by atoms with Gasteiger partial charge in [0, 0.05) is 12.7 Å². The van der Waals surface area contributed by atoms with E-state index in [1.165, 1.54) is 10.8 Å². The molecule has 1 heterocycles. The van der Waals surface area contributed by atoms with Crippen molar-refractivity contribution in [1.29, 1.82) is 5.26 Å². The molecule has 7 heteroatoms. The molecule has 0 bridgehead atoms. The first-order valence-corrected chi connectivity index (χ1v) is 8.61. The van der Waals surface area contributed by atoms with Crippen molar-refractivity contribution in [2.24, 2.45) is 0 Å². The topological polar surface area (TPSA) is 97.3 Å². The van der Waals surface area contributed by atoms with Crippen LogP contribution in [0.3, 0.4) is 0 Å². The summed E-state index contributed by atoms with van der Waals surface area (Å²) in [4.78, 5) is 24.5. The van der Waals surface area contributed by atoms with E-state index in [-0.39, 0.29) is 25.3 Å². The van der Waals surface area contributed by atoms with Gasteiger partial charge in [0.2, 0.25) is 0 Å². The third-order valence-electron chi connectivity index (χ3n) is 4.21. The van der Waals surface area contributed by atoms with Crippen molar-refractivity contribution in [2.45, 2.75) is 19.5 Å². The summed E-state index contributed by atoms with van der Waals surface area (Å²) < 4.78 is 7.90. The molecule has 0 aliphatic carbocycles. The van der Waals surface area contributed by atoms with Crippen LogP contribution in [0.15, 0.2) is 58.3 Å². The maximum absolute atomic E-state index is 12.3. The highest BCUT2D eigenvalue weighted by Crippen LogP contribution is 2.20. The van der Waals surface area contributed by atoms with Gasteiger partial charge in [-0.2, -0.15) is 5.26 Å². The summed E-state index contributed by atoms with van der Waals surface area (Å²) in [5.41, 5.74) is -1.29. The highest BCUT2D eigenvalue weighted by atomic mass is 16.5. The quantitative estimate of drug-likeness (QED) is 0.640. The maximum atomic E-state index is 12.3. The summed E-state index contributed by atoms with van der Waals surface area (Å²) >= 11 is 0. The molecule has 138 valence electrons. The summed E-state index contributed by atoms with van der Waals surface area (Å²) in [6, 6.07) is 15.5. The van der Waals surface area contributed by atoms with E-state index in [0.717, 1.165) is 15.3 Å². The smallest absolute Gasteiger partial charge is 0.331 e. The average Bonchev–Trinajstić information content (AvgIpc) is 2.69. The third-order valence-corrected chi connectivity index (χ3v) is 4.21. The second-order valence-corrected chi connectivity index (χ2v) is 6.02. The maximum Gasteiger partial charge on any atom is 0.331 e. The Bertz CT molecular complexity index is 1110. The van der Waals surface area contributed by atoms with Crippen molar-refractivity contribution in [3.05, 3.63) is 75.1 Å². The minimum Gasteiger partial charge on any atom is -0.494 e. The fourth-order valence-corrected chi connectivity index (χ4v) is 2.87. The van der Waals surface area contributed by atoms with Gasteiger partial charge in [-0.1, -0.05) is 30.3 Å². The molecule has 0 aliphatic rings. The molecular formula is C20H19N3O4. The molecule has 0 amide bonds. The lowest BCUT2D eigenvalue weighted by Gasteiger charge is -2.11. The largest absolute Gasteiger partial charge is 0.494 e. The Hall–Kier alpha value is -3.37. The zero-order chi connectivity index (χ0) is 19.2. The zero-order valence-electron chi connectivity index (χ0n) is 14.7. The number of ether oxygens (including phenoxy) is 1. The number of nitrogens with zero attached hydrogens (tertiary/aromatic N) is 3. The molecule has 0 saturated carbocycles. The Kier molecular flexibility index (Phi) is 5.69. The first-order chi connectivity index (χ1) is 13.1. The minimum atomic E-state index is -0.623. The standard InChI is InChI=1S/C20H19N3O4/c21-13-17-14-22(9-10-24)20(26)23(19(17)25)8-3-11-27-18-7-6-15-4-1-2-5-16(15)12-18/h1-2,4-7,12,14,24H,3,8-11H2. The van der Waals surface area contributed by atoms with Gasteiger partial charge in [0.05, 0.1) is 19.8 Å². The fourth-order valence-electron chi connectivity index (χ4n) is 2.87. The number of hydrogen-bond acceptors (Lipinski definition) is 5. The lowest BCUT2D eigenvalue weighted by atomic mass is 10.1. The first kappa shape index (κ1) is 18.4. The molecule has 27 heavy (non-hydrogen) atoms. The number of hydrogen-bond donors (Lipinski definition) is 1. The van der Waals surface area contributed by atoms with Crippen molar-refractivity contribution in [1.82, 2.24) is 9.13 Å². The van der Waals surface area contributed by atoms with Crippen LogP contribution in [-0.4, -0.2) is 27.5 Å². The SMILES string of the molecule is N#Cc1cn(CCO)c(=O)n(CCCOc2ccc3ccccc3c2)c1=O. The van der Waals surface area contributed by atoms with Crippen LogP contribution in [0.25, 0.3) is 10.8 Å². The molecule has 2 aromatic carbocycles. The van der Waals surface area contributed by atoms with E-state index in [2.05, 4.69) is 0 Å². The van der Waals surface area contributed by atoms with Crippen LogP contribution < -0.4 is 16.0 Å². The normalized spacial score (nSPS) is 10.7. The molecule has 0 unspecified atom stereocenters. The number of aliphatic hydroxyl groups excluding tert-OH is 1. The van der Waals surface area contributed by atoms with Gasteiger partial charge in [-0.25, -0.2) is 4.79 Å². The molecule has 0 spiro atoms. The summed E-state index contributed by atoms with van der Waals surface area (Å²) in [6.45, 7) is 0.225. The van der Waals surface area contributed by atoms with Crippen LogP contribution in [0.1, 0.15) is 12.0 Å². The summed E-state index contributed by atoms with van der Waals surface area (Å²) in [7, 11) is 0. The summed E-state index contributed by atoms with van der Waals surface area (Å²) in [5, 5.41) is 20.3. The predicted octanol–water partition coefficient (Wildman–Crippen LogP) is 1.50. The number of aliphatic hydroxyl groups is 1. The zero-order valence-corrected chi connectivity index (χ0v) is 14.7. The monoisotopic (exact) mass is 365 g/mol. The van der Waals surface area contributed by atoms with E-state index in [1.54, 1.807) is 6.07 Å². The lowest BCUT2D eigenvalue weighted by molar-refractivity contribution is 0.269. The Morgan fingerprint density at radius 2 is 1.85 bits per heavy atom. The van der Waals surface area contributed by atoms with Gasteiger partial charge in [0.25, 0.3) is 5.56 Å². The molecule has 0 aliphatic heterocycles. The number of benzene rings is 2. The number of fused-ring (bicyclic) bond motifs is 1. The second-order valence-electron chi connectivity index (χ2n) is 6.02. The van der Waals surface area contributed by atoms with Crippen molar-refractivity contribution in [3.8, 4) is 11.8 Å². The molecule has 1 aromatic heterocycles. The van der Waals surface area contributed by atoms with Gasteiger partial charge in [0.15, 0.2) is 0 Å². The van der Waals surface area contributed by atoms with Crippen molar-refractivity contribution < 1.29 is 9.84 Å². The van der Waals surface area contributed by atoms with Crippen LogP contribution in [0.4, 0.5) is 0 Å². The van der Waals surface area contributed by atoms with Gasteiger partial charge in [0.1, 0.15) is 17.4 Å². The molecule has 1 N–H and O–H groups in total. The fraction of sp³-hybridized carbons (Fsp3) is 0.250. The van der Waals surface area contributed by atoms with Gasteiger partial charge < -0.3 is 9.84 Å². The second kappa shape index (κ2) is 8.34. The summed E-state index contributed by atoms with van der Waals surface area (Å²) in [6.07, 6.45) is 1.61. The van der Waals surface area contributed by atoms with Crippen molar-refractivity contribution in [2.75, 3.05) is 13.2 Å². The molecule has 0 fully saturated rings. The van der Waals surface area contributed by atoms with E-state index in [1.807, 2.05) is 42.5 Å². The molecule has 3 aromatic rings. The first-order valence-electron chi connectivity index (χ1n) is 8.61. The van der Waals surface area contributed by atoms with Gasteiger partial charge in [-0.3, -0.25) is 13.9 Å². The predicted molar refractivity (Wildman–Crippen MR) is 101 cm³/mol. The number of aromatic nitrogens is 2. The Labute approximate surface area is 155 Å². The highest BCUT2D eigenvalue weighted by Gasteiger charge is 2.11. The van der Waals surface area contributed by atoms with Crippen molar-refractivity contribution in [3.63, 3.8) is 0 Å². The number of nitriles is 1. The Morgan fingerprint density at radius 3 is 2.59 bits per heavy atom. The van der Waals surface area contributed by atoms with Gasteiger partial charge >= 0.3 is 5.69 Å². The van der Waals surface area contributed by atoms with E-state index in [4.69, 9.17) is 15.1 Å². The third kappa shape index (κ3) is 4.07. The molecule has 3 rings (SSSR count). The average molecular weight is 365 g/mol. The van der Waals surface area contributed by atoms with Crippen LogP contribution in [-0.2, 0) is 13.1 Å². The number of rotatable bonds is 7. The van der Waals surface area contributed by atoms with Crippen molar-refractivity contribution >= 4 is 10.8 Å². The molecule has 0 saturated heterocycles. The Morgan fingerprint density at radius 1 is 1.07 bits per heavy atom.